The zero-order chi connectivity index (χ0) is 14.4. The molecule has 2 rings (SSSR count). The van der Waals surface area contributed by atoms with Gasteiger partial charge in [0.15, 0.2) is 0 Å². The molecule has 0 aliphatic carbocycles. The van der Waals surface area contributed by atoms with Crippen molar-refractivity contribution in [3.63, 3.8) is 0 Å². The van der Waals surface area contributed by atoms with Crippen LogP contribution in [0.2, 0.25) is 0 Å². The molecule has 0 aromatic carbocycles. The molecule has 0 saturated heterocycles. The predicted molar refractivity (Wildman–Crippen MR) is 87.2 cm³/mol. The summed E-state index contributed by atoms with van der Waals surface area (Å²) < 4.78 is 0. The highest BCUT2D eigenvalue weighted by atomic mass is 32.1. The Hall–Kier alpha value is -0.750. The summed E-state index contributed by atoms with van der Waals surface area (Å²) in [6.07, 6.45) is 2.11. The summed E-state index contributed by atoms with van der Waals surface area (Å²) in [6.45, 7) is 6.24. The molecule has 0 bridgehead atoms. The molecular formula is C15H22N2OS2. The second-order valence-electron chi connectivity index (χ2n) is 5.76. The lowest BCUT2D eigenvalue weighted by atomic mass is 9.89. The van der Waals surface area contributed by atoms with E-state index in [1.165, 1.54) is 5.56 Å². The van der Waals surface area contributed by atoms with Gasteiger partial charge in [-0.1, -0.05) is 13.8 Å². The molecule has 0 aliphatic rings. The summed E-state index contributed by atoms with van der Waals surface area (Å²) in [5, 5.41) is 20.1. The Kier molecular flexibility index (Phi) is 5.72. The number of aromatic nitrogens is 1. The largest absolute Gasteiger partial charge is 0.396 e. The third-order valence-electron chi connectivity index (χ3n) is 3.26. The Bertz CT molecular complexity index is 506. The van der Waals surface area contributed by atoms with Gasteiger partial charge in [-0.3, -0.25) is 0 Å². The van der Waals surface area contributed by atoms with E-state index < -0.39 is 0 Å². The molecule has 0 saturated carbocycles. The van der Waals surface area contributed by atoms with Gasteiger partial charge in [0.25, 0.3) is 0 Å². The van der Waals surface area contributed by atoms with Crippen LogP contribution >= 0.6 is 22.7 Å². The van der Waals surface area contributed by atoms with E-state index in [-0.39, 0.29) is 12.0 Å². The molecule has 0 spiro atoms. The first-order chi connectivity index (χ1) is 9.61. The van der Waals surface area contributed by atoms with Crippen molar-refractivity contribution >= 4 is 22.7 Å². The zero-order valence-electron chi connectivity index (χ0n) is 12.1. The van der Waals surface area contributed by atoms with E-state index in [1.807, 2.05) is 0 Å². The minimum absolute atomic E-state index is 0.0361. The van der Waals surface area contributed by atoms with Gasteiger partial charge in [-0.15, -0.1) is 11.3 Å². The maximum Gasteiger partial charge on any atom is 0.124 e. The first-order valence-corrected chi connectivity index (χ1v) is 8.71. The van der Waals surface area contributed by atoms with Crippen molar-refractivity contribution in [3.8, 4) is 10.6 Å². The monoisotopic (exact) mass is 310 g/mol. The van der Waals surface area contributed by atoms with Crippen molar-refractivity contribution in [1.82, 2.24) is 10.3 Å². The fraction of sp³-hybridized carbons (Fsp3) is 0.533. The van der Waals surface area contributed by atoms with Gasteiger partial charge in [-0.25, -0.2) is 4.98 Å². The van der Waals surface area contributed by atoms with Gasteiger partial charge in [-0.05, 0) is 36.2 Å². The van der Waals surface area contributed by atoms with Crippen LogP contribution in [-0.2, 0) is 6.54 Å². The Labute approximate surface area is 128 Å². The second kappa shape index (κ2) is 7.31. The van der Waals surface area contributed by atoms with E-state index in [4.69, 9.17) is 0 Å². The molecule has 2 aromatic heterocycles. The average Bonchev–Trinajstić information content (AvgIpc) is 3.09. The summed E-state index contributed by atoms with van der Waals surface area (Å²) >= 11 is 3.40. The Morgan fingerprint density at radius 1 is 1.35 bits per heavy atom. The zero-order valence-corrected chi connectivity index (χ0v) is 13.7. The highest BCUT2D eigenvalue weighted by Gasteiger charge is 2.15. The van der Waals surface area contributed by atoms with E-state index in [2.05, 4.69) is 46.4 Å². The number of thiophene rings is 1. The topological polar surface area (TPSA) is 45.1 Å². The van der Waals surface area contributed by atoms with E-state index in [0.29, 0.717) is 0 Å². The van der Waals surface area contributed by atoms with Gasteiger partial charge in [0, 0.05) is 29.5 Å². The molecule has 0 radical (unpaired) electrons. The van der Waals surface area contributed by atoms with Crippen molar-refractivity contribution in [2.75, 3.05) is 13.2 Å². The van der Waals surface area contributed by atoms with Crippen LogP contribution < -0.4 is 5.32 Å². The van der Waals surface area contributed by atoms with Crippen molar-refractivity contribution in [3.05, 3.63) is 27.9 Å². The van der Waals surface area contributed by atoms with Crippen LogP contribution in [0.4, 0.5) is 0 Å². The summed E-state index contributed by atoms with van der Waals surface area (Å²) in [6, 6.07) is 2.11. The molecule has 0 atom stereocenters. The standard InChI is InChI=1S/C15H22N2OS2/c1-15(2,11-18)5-3-6-16-8-13-10-20-14(17-13)12-4-7-19-9-12/h4,7,9-10,16,18H,3,5-6,8,11H2,1-2H3. The lowest BCUT2D eigenvalue weighted by Crippen LogP contribution is -2.21. The van der Waals surface area contributed by atoms with Crippen LogP contribution in [0.5, 0.6) is 0 Å². The van der Waals surface area contributed by atoms with Crippen molar-refractivity contribution in [2.45, 2.75) is 33.2 Å². The van der Waals surface area contributed by atoms with Gasteiger partial charge >= 0.3 is 0 Å². The van der Waals surface area contributed by atoms with Crippen LogP contribution in [0.15, 0.2) is 22.2 Å². The number of nitrogens with one attached hydrogen (secondary N) is 1. The number of aliphatic hydroxyl groups is 1. The Balaban J connectivity index is 1.70. The number of rotatable bonds is 8. The van der Waals surface area contributed by atoms with Crippen LogP contribution in [-0.4, -0.2) is 23.2 Å². The molecule has 0 amide bonds. The molecule has 3 nitrogen and oxygen atoms in total. The summed E-state index contributed by atoms with van der Waals surface area (Å²) in [4.78, 5) is 4.64. The molecule has 2 aromatic rings. The van der Waals surface area contributed by atoms with Crippen LogP contribution in [0.3, 0.4) is 0 Å². The third-order valence-corrected chi connectivity index (χ3v) is 4.88. The van der Waals surface area contributed by atoms with E-state index in [0.717, 1.165) is 36.6 Å². The molecule has 2 heterocycles. The summed E-state index contributed by atoms with van der Waals surface area (Å²) in [5.74, 6) is 0. The van der Waals surface area contributed by atoms with Crippen LogP contribution in [0.25, 0.3) is 10.6 Å². The molecule has 0 aliphatic heterocycles. The lowest BCUT2D eigenvalue weighted by Gasteiger charge is -2.21. The predicted octanol–water partition coefficient (Wildman–Crippen LogP) is 3.76. The van der Waals surface area contributed by atoms with Crippen molar-refractivity contribution < 1.29 is 5.11 Å². The molecule has 110 valence electrons. The van der Waals surface area contributed by atoms with Gasteiger partial charge < -0.3 is 10.4 Å². The van der Waals surface area contributed by atoms with Gasteiger partial charge in [0.2, 0.25) is 0 Å². The first kappa shape index (κ1) is 15.6. The fourth-order valence-electron chi connectivity index (χ4n) is 1.89. The average molecular weight is 310 g/mol. The minimum atomic E-state index is 0.0361. The summed E-state index contributed by atoms with van der Waals surface area (Å²) in [7, 11) is 0. The van der Waals surface area contributed by atoms with Crippen molar-refractivity contribution in [1.29, 1.82) is 0 Å². The number of aliphatic hydroxyl groups excluding tert-OH is 1. The molecule has 2 N–H and O–H groups in total. The van der Waals surface area contributed by atoms with E-state index in [1.54, 1.807) is 22.7 Å². The Morgan fingerprint density at radius 2 is 2.20 bits per heavy atom. The lowest BCUT2D eigenvalue weighted by molar-refractivity contribution is 0.148. The number of thiazole rings is 1. The SMILES string of the molecule is CC(C)(CO)CCCNCc1csc(-c2ccsc2)n1. The molecule has 0 fully saturated rings. The molecular weight excluding hydrogens is 288 g/mol. The van der Waals surface area contributed by atoms with E-state index >= 15 is 0 Å². The number of hydrogen-bond donors (Lipinski definition) is 2. The quantitative estimate of drug-likeness (QED) is 0.730. The van der Waals surface area contributed by atoms with Crippen LogP contribution in [0, 0.1) is 5.41 Å². The molecule has 0 unspecified atom stereocenters. The normalized spacial score (nSPS) is 11.9. The fourth-order valence-corrected chi connectivity index (χ4v) is 3.43. The number of nitrogens with zero attached hydrogens (tertiary/aromatic N) is 1. The maximum absolute atomic E-state index is 9.19. The smallest absolute Gasteiger partial charge is 0.124 e. The third kappa shape index (κ3) is 4.66. The maximum atomic E-state index is 9.19. The first-order valence-electron chi connectivity index (χ1n) is 6.89. The summed E-state index contributed by atoms with van der Waals surface area (Å²) in [5.41, 5.74) is 2.36. The number of hydrogen-bond acceptors (Lipinski definition) is 5. The minimum Gasteiger partial charge on any atom is -0.396 e. The molecule has 5 heteroatoms. The van der Waals surface area contributed by atoms with Gasteiger partial charge in [0.1, 0.15) is 5.01 Å². The van der Waals surface area contributed by atoms with E-state index in [9.17, 15) is 5.11 Å². The van der Waals surface area contributed by atoms with Crippen LogP contribution in [0.1, 0.15) is 32.4 Å². The van der Waals surface area contributed by atoms with Crippen molar-refractivity contribution in [2.24, 2.45) is 5.41 Å². The highest BCUT2D eigenvalue weighted by Crippen LogP contribution is 2.25. The van der Waals surface area contributed by atoms with Gasteiger partial charge in [-0.2, -0.15) is 11.3 Å². The molecule has 20 heavy (non-hydrogen) atoms. The second-order valence-corrected chi connectivity index (χ2v) is 7.40. The highest BCUT2D eigenvalue weighted by molar-refractivity contribution is 7.14. The Morgan fingerprint density at radius 3 is 2.90 bits per heavy atom. The van der Waals surface area contributed by atoms with Gasteiger partial charge in [0.05, 0.1) is 5.69 Å².